The molecule has 2 fully saturated rings. The average Bonchev–Trinajstić information content (AvgIpc) is 3.16. The number of nitrogens with zero attached hydrogens (tertiary/aromatic N) is 2. The largest absolute Gasteiger partial charge is 0.367 e. The van der Waals surface area contributed by atoms with Crippen LogP contribution >= 0.6 is 15.9 Å². The zero-order valence-electron chi connectivity index (χ0n) is 10.3. The van der Waals surface area contributed by atoms with Gasteiger partial charge in [-0.1, -0.05) is 15.9 Å². The minimum atomic E-state index is -0.361. The molecular formula is C14H17BrN3+. The van der Waals surface area contributed by atoms with Gasteiger partial charge in [0, 0.05) is 23.0 Å². The van der Waals surface area contributed by atoms with Crippen molar-refractivity contribution in [2.24, 2.45) is 0 Å². The highest BCUT2D eigenvalue weighted by atomic mass is 79.9. The molecule has 2 saturated heterocycles. The average molecular weight is 307 g/mol. The highest BCUT2D eigenvalue weighted by molar-refractivity contribution is 9.10. The Bertz CT molecular complexity index is 475. The quantitative estimate of drug-likeness (QED) is 0.673. The molecule has 2 aliphatic heterocycles. The molecule has 1 N–H and O–H groups in total. The SMILES string of the molecule is N#CC1(Nc2ccc(Br)cc2)CC[N+]2(CC1)CC2. The normalized spacial score (nSPS) is 23.3. The summed E-state index contributed by atoms with van der Waals surface area (Å²) in [7, 11) is 0. The number of benzene rings is 1. The minimum absolute atomic E-state index is 0.361. The molecule has 18 heavy (non-hydrogen) atoms. The van der Waals surface area contributed by atoms with Crippen LogP contribution in [0.3, 0.4) is 0 Å². The Labute approximate surface area is 116 Å². The molecule has 3 nitrogen and oxygen atoms in total. The van der Waals surface area contributed by atoms with Crippen LogP contribution in [0.4, 0.5) is 5.69 Å². The highest BCUT2D eigenvalue weighted by Gasteiger charge is 2.50. The van der Waals surface area contributed by atoms with Crippen LogP contribution in [0.5, 0.6) is 0 Å². The Balaban J connectivity index is 1.72. The monoisotopic (exact) mass is 306 g/mol. The second-order valence-electron chi connectivity index (χ2n) is 5.56. The lowest BCUT2D eigenvalue weighted by Crippen LogP contribution is -2.49. The van der Waals surface area contributed by atoms with Crippen LogP contribution in [-0.2, 0) is 0 Å². The van der Waals surface area contributed by atoms with Gasteiger partial charge in [-0.15, -0.1) is 0 Å². The Morgan fingerprint density at radius 3 is 2.22 bits per heavy atom. The second kappa shape index (κ2) is 4.25. The van der Waals surface area contributed by atoms with Gasteiger partial charge < -0.3 is 9.80 Å². The molecule has 3 rings (SSSR count). The van der Waals surface area contributed by atoms with E-state index < -0.39 is 0 Å². The first kappa shape index (κ1) is 12.0. The van der Waals surface area contributed by atoms with E-state index in [4.69, 9.17) is 0 Å². The molecule has 0 aliphatic carbocycles. The van der Waals surface area contributed by atoms with E-state index in [1.54, 1.807) is 0 Å². The lowest BCUT2D eigenvalue weighted by atomic mass is 9.88. The van der Waals surface area contributed by atoms with Gasteiger partial charge >= 0.3 is 0 Å². The maximum atomic E-state index is 9.52. The summed E-state index contributed by atoms with van der Waals surface area (Å²) in [5.41, 5.74) is 0.680. The number of nitrogens with one attached hydrogen (secondary N) is 1. The Morgan fingerprint density at radius 2 is 1.72 bits per heavy atom. The fraction of sp³-hybridized carbons (Fsp3) is 0.500. The first-order valence-corrected chi connectivity index (χ1v) is 7.25. The van der Waals surface area contributed by atoms with Crippen molar-refractivity contribution in [2.75, 3.05) is 31.5 Å². The van der Waals surface area contributed by atoms with E-state index in [1.165, 1.54) is 17.6 Å². The van der Waals surface area contributed by atoms with E-state index in [-0.39, 0.29) is 5.54 Å². The van der Waals surface area contributed by atoms with E-state index in [0.717, 1.165) is 36.1 Å². The topological polar surface area (TPSA) is 35.8 Å². The van der Waals surface area contributed by atoms with Gasteiger partial charge in [-0.3, -0.25) is 0 Å². The highest BCUT2D eigenvalue weighted by Crippen LogP contribution is 2.35. The number of hydrogen-bond donors (Lipinski definition) is 1. The number of anilines is 1. The van der Waals surface area contributed by atoms with Crippen molar-refractivity contribution in [1.29, 1.82) is 5.26 Å². The summed E-state index contributed by atoms with van der Waals surface area (Å²) in [6, 6.07) is 10.6. The zero-order valence-corrected chi connectivity index (χ0v) is 11.9. The molecular weight excluding hydrogens is 290 g/mol. The van der Waals surface area contributed by atoms with Gasteiger partial charge in [0.15, 0.2) is 0 Å². The molecule has 2 heterocycles. The van der Waals surface area contributed by atoms with E-state index in [1.807, 2.05) is 24.3 Å². The molecule has 1 spiro atoms. The maximum absolute atomic E-state index is 9.52. The van der Waals surface area contributed by atoms with Crippen LogP contribution in [0.15, 0.2) is 28.7 Å². The summed E-state index contributed by atoms with van der Waals surface area (Å²) in [6.45, 7) is 4.94. The van der Waals surface area contributed by atoms with Gasteiger partial charge in [-0.2, -0.15) is 5.26 Å². The molecule has 0 bridgehead atoms. The van der Waals surface area contributed by atoms with Crippen molar-refractivity contribution < 1.29 is 4.48 Å². The molecule has 0 aromatic heterocycles. The Kier molecular flexibility index (Phi) is 2.84. The molecule has 0 radical (unpaired) electrons. The summed E-state index contributed by atoms with van der Waals surface area (Å²) in [5, 5.41) is 13.0. The molecule has 0 unspecified atom stereocenters. The summed E-state index contributed by atoms with van der Waals surface area (Å²) in [5.74, 6) is 0. The van der Waals surface area contributed by atoms with Gasteiger partial charge in [0.25, 0.3) is 0 Å². The summed E-state index contributed by atoms with van der Waals surface area (Å²) < 4.78 is 2.32. The summed E-state index contributed by atoms with van der Waals surface area (Å²) >= 11 is 3.43. The lowest BCUT2D eigenvalue weighted by molar-refractivity contribution is -0.806. The second-order valence-corrected chi connectivity index (χ2v) is 6.48. The molecule has 4 heteroatoms. The van der Waals surface area contributed by atoms with Crippen LogP contribution in [0.25, 0.3) is 0 Å². The number of halogens is 1. The maximum Gasteiger partial charge on any atom is 0.136 e. The summed E-state index contributed by atoms with van der Waals surface area (Å²) in [4.78, 5) is 0. The Morgan fingerprint density at radius 1 is 1.11 bits per heavy atom. The number of hydrogen-bond acceptors (Lipinski definition) is 2. The lowest BCUT2D eigenvalue weighted by Gasteiger charge is -2.36. The third kappa shape index (κ3) is 2.25. The molecule has 2 aliphatic rings. The molecule has 1 aromatic rings. The molecule has 1 aromatic carbocycles. The van der Waals surface area contributed by atoms with E-state index in [0.29, 0.717) is 0 Å². The van der Waals surface area contributed by atoms with E-state index >= 15 is 0 Å². The Hall–Kier alpha value is -1.05. The van der Waals surface area contributed by atoms with E-state index in [9.17, 15) is 5.26 Å². The van der Waals surface area contributed by atoms with Crippen molar-refractivity contribution in [3.05, 3.63) is 28.7 Å². The van der Waals surface area contributed by atoms with Crippen molar-refractivity contribution in [1.82, 2.24) is 0 Å². The van der Waals surface area contributed by atoms with Crippen LogP contribution in [0.2, 0.25) is 0 Å². The predicted octanol–water partition coefficient (Wildman–Crippen LogP) is 2.75. The number of quaternary nitrogens is 1. The first-order valence-electron chi connectivity index (χ1n) is 6.46. The molecule has 0 amide bonds. The molecule has 0 atom stereocenters. The van der Waals surface area contributed by atoms with Crippen LogP contribution < -0.4 is 5.32 Å². The van der Waals surface area contributed by atoms with Crippen molar-refractivity contribution in [3.63, 3.8) is 0 Å². The van der Waals surface area contributed by atoms with Crippen molar-refractivity contribution in [3.8, 4) is 6.07 Å². The van der Waals surface area contributed by atoms with Gasteiger partial charge in [-0.05, 0) is 24.3 Å². The van der Waals surface area contributed by atoms with Crippen LogP contribution in [-0.4, -0.2) is 36.2 Å². The number of rotatable bonds is 2. The summed E-state index contributed by atoms with van der Waals surface area (Å²) in [6.07, 6.45) is 1.92. The van der Waals surface area contributed by atoms with Crippen LogP contribution in [0, 0.1) is 11.3 Å². The van der Waals surface area contributed by atoms with Crippen molar-refractivity contribution in [2.45, 2.75) is 18.4 Å². The van der Waals surface area contributed by atoms with Crippen LogP contribution in [0.1, 0.15) is 12.8 Å². The van der Waals surface area contributed by atoms with Crippen molar-refractivity contribution >= 4 is 21.6 Å². The first-order chi connectivity index (χ1) is 8.65. The fourth-order valence-electron chi connectivity index (χ4n) is 2.76. The number of nitriles is 1. The minimum Gasteiger partial charge on any atom is -0.367 e. The fourth-order valence-corrected chi connectivity index (χ4v) is 3.02. The van der Waals surface area contributed by atoms with Gasteiger partial charge in [0.2, 0.25) is 0 Å². The number of piperidine rings is 1. The van der Waals surface area contributed by atoms with E-state index in [2.05, 4.69) is 27.3 Å². The predicted molar refractivity (Wildman–Crippen MR) is 75.1 cm³/mol. The van der Waals surface area contributed by atoms with Gasteiger partial charge in [0.05, 0.1) is 19.2 Å². The van der Waals surface area contributed by atoms with Gasteiger partial charge in [0.1, 0.15) is 18.6 Å². The third-order valence-electron chi connectivity index (χ3n) is 4.32. The standard InChI is InChI=1S/C14H17BrN3/c15-12-1-3-13(4-2-12)17-14(11-16)5-7-18(8-6-14)9-10-18/h1-4,17H,5-10H2/q+1. The van der Waals surface area contributed by atoms with Gasteiger partial charge in [-0.25, -0.2) is 0 Å². The smallest absolute Gasteiger partial charge is 0.136 e. The zero-order chi connectivity index (χ0) is 12.6. The third-order valence-corrected chi connectivity index (χ3v) is 4.85. The molecule has 94 valence electrons. The molecule has 0 saturated carbocycles.